The molecule has 0 amide bonds. The number of halogens is 1. The van der Waals surface area contributed by atoms with Crippen LogP contribution in [0.15, 0.2) is 36.4 Å². The van der Waals surface area contributed by atoms with E-state index in [2.05, 4.69) is 4.98 Å². The van der Waals surface area contributed by atoms with Crippen LogP contribution in [0, 0.1) is 6.92 Å². The molecule has 0 aliphatic carbocycles. The Hall–Kier alpha value is -1.54. The van der Waals surface area contributed by atoms with E-state index in [-0.39, 0.29) is 0 Å². The monoisotopic (exact) mass is 218 g/mol. The first kappa shape index (κ1) is 9.99. The number of benzene rings is 1. The second-order valence-corrected chi connectivity index (χ2v) is 3.76. The molecule has 2 nitrogen and oxygen atoms in total. The second-order valence-electron chi connectivity index (χ2n) is 3.35. The molecule has 2 rings (SSSR count). The fourth-order valence-electron chi connectivity index (χ4n) is 1.54. The van der Waals surface area contributed by atoms with Crippen molar-refractivity contribution in [2.45, 2.75) is 6.92 Å². The van der Waals surface area contributed by atoms with Crippen molar-refractivity contribution < 1.29 is 0 Å². The first-order valence-electron chi connectivity index (χ1n) is 4.66. The van der Waals surface area contributed by atoms with E-state index in [0.717, 1.165) is 21.8 Å². The summed E-state index contributed by atoms with van der Waals surface area (Å²) in [6, 6.07) is 11.4. The molecule has 2 aromatic rings. The van der Waals surface area contributed by atoms with Crippen molar-refractivity contribution in [3.05, 3.63) is 47.1 Å². The lowest BCUT2D eigenvalue weighted by Gasteiger charge is -2.07. The molecule has 1 heterocycles. The Morgan fingerprint density at radius 2 is 1.80 bits per heavy atom. The zero-order valence-corrected chi connectivity index (χ0v) is 9.12. The third kappa shape index (κ3) is 1.95. The van der Waals surface area contributed by atoms with Crippen molar-refractivity contribution >= 4 is 17.4 Å². The Kier molecular flexibility index (Phi) is 2.60. The SMILES string of the molecule is Cc1nc(N)ccc1-c1ccccc1Cl. The van der Waals surface area contributed by atoms with Gasteiger partial charge in [-0.15, -0.1) is 0 Å². The first-order valence-corrected chi connectivity index (χ1v) is 5.04. The summed E-state index contributed by atoms with van der Waals surface area (Å²) in [5.74, 6) is 0.531. The summed E-state index contributed by atoms with van der Waals surface area (Å²) in [5.41, 5.74) is 8.50. The molecule has 0 atom stereocenters. The van der Waals surface area contributed by atoms with E-state index in [4.69, 9.17) is 17.3 Å². The molecule has 1 aromatic carbocycles. The lowest BCUT2D eigenvalue weighted by Crippen LogP contribution is -1.94. The van der Waals surface area contributed by atoms with Gasteiger partial charge in [0.25, 0.3) is 0 Å². The average Bonchev–Trinajstić information content (AvgIpc) is 2.20. The number of nitrogen functional groups attached to an aromatic ring is 1. The number of hydrogen-bond donors (Lipinski definition) is 1. The normalized spacial score (nSPS) is 10.3. The number of aromatic nitrogens is 1. The van der Waals surface area contributed by atoms with Gasteiger partial charge in [-0.1, -0.05) is 29.8 Å². The van der Waals surface area contributed by atoms with Gasteiger partial charge in [0, 0.05) is 21.8 Å². The molecular formula is C12H11ClN2. The summed E-state index contributed by atoms with van der Waals surface area (Å²) >= 11 is 6.11. The van der Waals surface area contributed by atoms with Gasteiger partial charge < -0.3 is 5.73 Å². The number of rotatable bonds is 1. The minimum absolute atomic E-state index is 0.531. The molecule has 2 N–H and O–H groups in total. The van der Waals surface area contributed by atoms with Crippen molar-refractivity contribution in [3.63, 3.8) is 0 Å². The Labute approximate surface area is 93.7 Å². The maximum atomic E-state index is 6.11. The Morgan fingerprint density at radius 3 is 2.47 bits per heavy atom. The van der Waals surface area contributed by atoms with Crippen LogP contribution >= 0.6 is 11.6 Å². The summed E-state index contributed by atoms with van der Waals surface area (Å²) in [4.78, 5) is 4.21. The molecule has 1 aromatic heterocycles. The topological polar surface area (TPSA) is 38.9 Å². The Morgan fingerprint density at radius 1 is 1.07 bits per heavy atom. The van der Waals surface area contributed by atoms with Crippen LogP contribution in [0.5, 0.6) is 0 Å². The van der Waals surface area contributed by atoms with E-state index in [1.807, 2.05) is 37.3 Å². The molecule has 0 bridgehead atoms. The summed E-state index contributed by atoms with van der Waals surface area (Å²) in [6.07, 6.45) is 0. The second kappa shape index (κ2) is 3.91. The van der Waals surface area contributed by atoms with E-state index in [9.17, 15) is 0 Å². The molecule has 0 radical (unpaired) electrons. The summed E-state index contributed by atoms with van der Waals surface area (Å²) in [7, 11) is 0. The van der Waals surface area contributed by atoms with Crippen LogP contribution in [-0.2, 0) is 0 Å². The highest BCUT2D eigenvalue weighted by atomic mass is 35.5. The van der Waals surface area contributed by atoms with E-state index >= 15 is 0 Å². The largest absolute Gasteiger partial charge is 0.384 e. The zero-order chi connectivity index (χ0) is 10.8. The van der Waals surface area contributed by atoms with Crippen molar-refractivity contribution in [1.82, 2.24) is 4.98 Å². The van der Waals surface area contributed by atoms with Gasteiger partial charge in [-0.25, -0.2) is 4.98 Å². The molecule has 0 fully saturated rings. The quantitative estimate of drug-likeness (QED) is 0.798. The fourth-order valence-corrected chi connectivity index (χ4v) is 1.78. The van der Waals surface area contributed by atoms with Crippen molar-refractivity contribution in [1.29, 1.82) is 0 Å². The Balaban J connectivity index is 2.60. The third-order valence-corrected chi connectivity index (χ3v) is 2.60. The third-order valence-electron chi connectivity index (χ3n) is 2.27. The summed E-state index contributed by atoms with van der Waals surface area (Å²) in [6.45, 7) is 1.93. The molecule has 0 aliphatic heterocycles. The molecule has 0 aliphatic rings. The van der Waals surface area contributed by atoms with Crippen molar-refractivity contribution in [2.24, 2.45) is 0 Å². The number of nitrogens with zero attached hydrogens (tertiary/aromatic N) is 1. The van der Waals surface area contributed by atoms with Gasteiger partial charge in [0.15, 0.2) is 0 Å². The molecule has 0 saturated heterocycles. The van der Waals surface area contributed by atoms with Gasteiger partial charge in [0.2, 0.25) is 0 Å². The first-order chi connectivity index (χ1) is 7.18. The van der Waals surface area contributed by atoms with Crippen LogP contribution in [-0.4, -0.2) is 4.98 Å². The van der Waals surface area contributed by atoms with Crippen LogP contribution in [0.25, 0.3) is 11.1 Å². The lowest BCUT2D eigenvalue weighted by atomic mass is 10.0. The molecular weight excluding hydrogens is 208 g/mol. The van der Waals surface area contributed by atoms with E-state index in [1.165, 1.54) is 0 Å². The van der Waals surface area contributed by atoms with Crippen LogP contribution in [0.2, 0.25) is 5.02 Å². The van der Waals surface area contributed by atoms with Gasteiger partial charge in [0.1, 0.15) is 5.82 Å². The van der Waals surface area contributed by atoms with Crippen LogP contribution in [0.3, 0.4) is 0 Å². The minimum atomic E-state index is 0.531. The smallest absolute Gasteiger partial charge is 0.123 e. The van der Waals surface area contributed by atoms with Crippen LogP contribution in [0.4, 0.5) is 5.82 Å². The van der Waals surface area contributed by atoms with Gasteiger partial charge >= 0.3 is 0 Å². The number of anilines is 1. The number of nitrogens with two attached hydrogens (primary N) is 1. The van der Waals surface area contributed by atoms with Crippen molar-refractivity contribution in [2.75, 3.05) is 5.73 Å². The predicted octanol–water partition coefficient (Wildman–Crippen LogP) is 3.29. The van der Waals surface area contributed by atoms with Gasteiger partial charge in [-0.05, 0) is 25.1 Å². The minimum Gasteiger partial charge on any atom is -0.384 e. The van der Waals surface area contributed by atoms with Crippen LogP contribution in [0.1, 0.15) is 5.69 Å². The van der Waals surface area contributed by atoms with Crippen molar-refractivity contribution in [3.8, 4) is 11.1 Å². The Bertz CT molecular complexity index is 495. The molecule has 0 spiro atoms. The zero-order valence-electron chi connectivity index (χ0n) is 8.37. The molecule has 0 saturated carbocycles. The standard InChI is InChI=1S/C12H11ClN2/c1-8-9(6-7-12(14)15-8)10-4-2-3-5-11(10)13/h2-7H,1H3,(H2,14,15). The molecule has 3 heteroatoms. The van der Waals surface area contributed by atoms with Crippen LogP contribution < -0.4 is 5.73 Å². The van der Waals surface area contributed by atoms with Gasteiger partial charge in [-0.2, -0.15) is 0 Å². The predicted molar refractivity (Wildman–Crippen MR) is 63.8 cm³/mol. The maximum absolute atomic E-state index is 6.11. The molecule has 0 unspecified atom stereocenters. The number of pyridine rings is 1. The number of aryl methyl sites for hydroxylation is 1. The van der Waals surface area contributed by atoms with E-state index in [1.54, 1.807) is 6.07 Å². The van der Waals surface area contributed by atoms with Gasteiger partial charge in [-0.3, -0.25) is 0 Å². The van der Waals surface area contributed by atoms with E-state index < -0.39 is 0 Å². The maximum Gasteiger partial charge on any atom is 0.123 e. The number of hydrogen-bond acceptors (Lipinski definition) is 2. The average molecular weight is 219 g/mol. The highest BCUT2D eigenvalue weighted by Crippen LogP contribution is 2.29. The summed E-state index contributed by atoms with van der Waals surface area (Å²) in [5, 5.41) is 0.729. The highest BCUT2D eigenvalue weighted by molar-refractivity contribution is 6.33. The van der Waals surface area contributed by atoms with Gasteiger partial charge in [0.05, 0.1) is 0 Å². The van der Waals surface area contributed by atoms with E-state index in [0.29, 0.717) is 5.82 Å². The molecule has 15 heavy (non-hydrogen) atoms. The summed E-state index contributed by atoms with van der Waals surface area (Å²) < 4.78 is 0. The highest BCUT2D eigenvalue weighted by Gasteiger charge is 2.06. The fraction of sp³-hybridized carbons (Fsp3) is 0.0833. The lowest BCUT2D eigenvalue weighted by molar-refractivity contribution is 1.21. The molecule has 76 valence electrons.